The van der Waals surface area contributed by atoms with Crippen LogP contribution in [0.1, 0.15) is 56.1 Å². The first kappa shape index (κ1) is 15.9. The van der Waals surface area contributed by atoms with E-state index in [0.29, 0.717) is 0 Å². The maximum absolute atomic E-state index is 4.95. The molecule has 0 radical (unpaired) electrons. The summed E-state index contributed by atoms with van der Waals surface area (Å²) < 4.78 is 0. The molecule has 0 spiro atoms. The minimum absolute atomic E-state index is 0.146. The predicted molar refractivity (Wildman–Crippen MR) is 87.6 cm³/mol. The van der Waals surface area contributed by atoms with Gasteiger partial charge in [-0.2, -0.15) is 0 Å². The van der Waals surface area contributed by atoms with Crippen LogP contribution in [0.15, 0.2) is 0 Å². The molecule has 3 nitrogen and oxygen atoms in total. The normalized spacial score (nSPS) is 17.0. The maximum Gasteiger partial charge on any atom is 0.0944 e. The molecule has 1 fully saturated rings. The molecule has 1 N–H and O–H groups in total. The number of thiazole rings is 1. The van der Waals surface area contributed by atoms with E-state index in [1.54, 1.807) is 0 Å². The Bertz CT molecular complexity index is 414. The van der Waals surface area contributed by atoms with E-state index in [1.807, 2.05) is 11.3 Å². The lowest BCUT2D eigenvalue weighted by atomic mass is 9.91. The largest absolute Gasteiger partial charge is 0.312 e. The number of hydrogen-bond donors (Lipinski definition) is 1. The van der Waals surface area contributed by atoms with Gasteiger partial charge >= 0.3 is 0 Å². The fraction of sp³-hybridized carbons (Fsp3) is 0.812. The van der Waals surface area contributed by atoms with Gasteiger partial charge in [-0.05, 0) is 32.5 Å². The summed E-state index contributed by atoms with van der Waals surface area (Å²) in [6, 6.07) is 0. The van der Waals surface area contributed by atoms with Crippen LogP contribution in [0.2, 0.25) is 0 Å². The van der Waals surface area contributed by atoms with Crippen molar-refractivity contribution in [3.8, 4) is 0 Å². The van der Waals surface area contributed by atoms with Gasteiger partial charge in [-0.1, -0.05) is 27.7 Å². The average molecular weight is 295 g/mol. The van der Waals surface area contributed by atoms with Gasteiger partial charge in [-0.3, -0.25) is 0 Å². The SMILES string of the molecule is CCNCc1sc(CCN2CCCC2)nc1C(C)(C)C. The molecule has 1 aromatic rings. The van der Waals surface area contributed by atoms with Crippen molar-refractivity contribution in [2.24, 2.45) is 0 Å². The van der Waals surface area contributed by atoms with E-state index in [1.165, 1.54) is 48.1 Å². The molecule has 2 rings (SSSR count). The van der Waals surface area contributed by atoms with Crippen LogP contribution in [-0.4, -0.2) is 36.1 Å². The summed E-state index contributed by atoms with van der Waals surface area (Å²) in [6.07, 6.45) is 3.85. The van der Waals surface area contributed by atoms with Gasteiger partial charge < -0.3 is 10.2 Å². The maximum atomic E-state index is 4.95. The fourth-order valence-corrected chi connectivity index (χ4v) is 3.95. The smallest absolute Gasteiger partial charge is 0.0944 e. The van der Waals surface area contributed by atoms with Gasteiger partial charge in [0.2, 0.25) is 0 Å². The lowest BCUT2D eigenvalue weighted by Gasteiger charge is -2.17. The number of nitrogens with zero attached hydrogens (tertiary/aromatic N) is 2. The van der Waals surface area contributed by atoms with E-state index in [-0.39, 0.29) is 5.41 Å². The van der Waals surface area contributed by atoms with Gasteiger partial charge in [0.15, 0.2) is 0 Å². The Balaban J connectivity index is 2.03. The van der Waals surface area contributed by atoms with Gasteiger partial charge in [0.05, 0.1) is 10.7 Å². The summed E-state index contributed by atoms with van der Waals surface area (Å²) in [7, 11) is 0. The lowest BCUT2D eigenvalue weighted by Crippen LogP contribution is -2.22. The van der Waals surface area contributed by atoms with Gasteiger partial charge in [0.1, 0.15) is 0 Å². The van der Waals surface area contributed by atoms with Gasteiger partial charge in [-0.25, -0.2) is 4.98 Å². The Labute approximate surface area is 127 Å². The molecule has 2 heterocycles. The van der Waals surface area contributed by atoms with Crippen molar-refractivity contribution < 1.29 is 0 Å². The van der Waals surface area contributed by atoms with Crippen molar-refractivity contribution in [2.75, 3.05) is 26.2 Å². The summed E-state index contributed by atoms with van der Waals surface area (Å²) in [4.78, 5) is 8.95. The minimum atomic E-state index is 0.146. The molecule has 1 aliphatic rings. The first-order valence-corrected chi connectivity index (χ1v) is 8.74. The third-order valence-corrected chi connectivity index (χ3v) is 4.94. The molecular weight excluding hydrogens is 266 g/mol. The third kappa shape index (κ3) is 4.27. The first-order chi connectivity index (χ1) is 9.50. The van der Waals surface area contributed by atoms with Crippen molar-refractivity contribution in [3.63, 3.8) is 0 Å². The van der Waals surface area contributed by atoms with Gasteiger partial charge in [-0.15, -0.1) is 11.3 Å². The lowest BCUT2D eigenvalue weighted by molar-refractivity contribution is 0.343. The predicted octanol–water partition coefficient (Wildman–Crippen LogP) is 3.19. The molecule has 0 bridgehead atoms. The topological polar surface area (TPSA) is 28.2 Å². The summed E-state index contributed by atoms with van der Waals surface area (Å²) in [5.41, 5.74) is 1.44. The number of nitrogens with one attached hydrogen (secondary N) is 1. The zero-order valence-electron chi connectivity index (χ0n) is 13.5. The quantitative estimate of drug-likeness (QED) is 0.873. The van der Waals surface area contributed by atoms with E-state index in [0.717, 1.165) is 19.5 Å². The molecule has 1 aromatic heterocycles. The van der Waals surface area contributed by atoms with Crippen molar-refractivity contribution in [1.82, 2.24) is 15.2 Å². The van der Waals surface area contributed by atoms with Crippen LogP contribution >= 0.6 is 11.3 Å². The first-order valence-electron chi connectivity index (χ1n) is 7.93. The van der Waals surface area contributed by atoms with Crippen LogP contribution in [0.4, 0.5) is 0 Å². The molecule has 4 heteroatoms. The molecule has 1 aliphatic heterocycles. The molecule has 1 saturated heterocycles. The van der Waals surface area contributed by atoms with E-state index < -0.39 is 0 Å². The fourth-order valence-electron chi connectivity index (χ4n) is 2.71. The van der Waals surface area contributed by atoms with Crippen molar-refractivity contribution in [1.29, 1.82) is 0 Å². The molecular formula is C16H29N3S. The van der Waals surface area contributed by atoms with Crippen LogP contribution in [0.3, 0.4) is 0 Å². The van der Waals surface area contributed by atoms with Crippen molar-refractivity contribution in [3.05, 3.63) is 15.6 Å². The zero-order chi connectivity index (χ0) is 14.6. The number of likely N-dealkylation sites (tertiary alicyclic amines) is 1. The van der Waals surface area contributed by atoms with E-state index in [2.05, 4.69) is 37.9 Å². The molecule has 0 saturated carbocycles. The Morgan fingerprint density at radius 3 is 2.55 bits per heavy atom. The monoisotopic (exact) mass is 295 g/mol. The Morgan fingerprint density at radius 1 is 1.25 bits per heavy atom. The van der Waals surface area contributed by atoms with E-state index in [4.69, 9.17) is 4.98 Å². The molecule has 0 unspecified atom stereocenters. The minimum Gasteiger partial charge on any atom is -0.312 e. The summed E-state index contributed by atoms with van der Waals surface area (Å²) in [5, 5.41) is 4.76. The highest BCUT2D eigenvalue weighted by atomic mass is 32.1. The Kier molecular flexibility index (Phi) is 5.58. The zero-order valence-corrected chi connectivity index (χ0v) is 14.3. The Morgan fingerprint density at radius 2 is 1.95 bits per heavy atom. The highest BCUT2D eigenvalue weighted by molar-refractivity contribution is 7.11. The average Bonchev–Trinajstić information content (AvgIpc) is 3.02. The standard InChI is InChI=1S/C16H29N3S/c1-5-17-12-13-15(16(2,3)4)18-14(20-13)8-11-19-9-6-7-10-19/h17H,5-12H2,1-4H3. The molecule has 0 amide bonds. The number of rotatable bonds is 6. The highest BCUT2D eigenvalue weighted by Gasteiger charge is 2.23. The van der Waals surface area contributed by atoms with E-state index >= 15 is 0 Å². The second kappa shape index (κ2) is 7.01. The number of aromatic nitrogens is 1. The number of hydrogen-bond acceptors (Lipinski definition) is 4. The van der Waals surface area contributed by atoms with Gasteiger partial charge in [0.25, 0.3) is 0 Å². The van der Waals surface area contributed by atoms with Crippen LogP contribution in [0.25, 0.3) is 0 Å². The summed E-state index contributed by atoms with van der Waals surface area (Å²) in [5.74, 6) is 0. The van der Waals surface area contributed by atoms with Crippen molar-refractivity contribution in [2.45, 2.75) is 58.9 Å². The Hall–Kier alpha value is -0.450. The van der Waals surface area contributed by atoms with E-state index in [9.17, 15) is 0 Å². The molecule has 0 aromatic carbocycles. The van der Waals surface area contributed by atoms with Crippen LogP contribution in [0, 0.1) is 0 Å². The molecule has 0 atom stereocenters. The highest BCUT2D eigenvalue weighted by Crippen LogP contribution is 2.30. The summed E-state index contributed by atoms with van der Waals surface area (Å²) in [6.45, 7) is 14.7. The van der Waals surface area contributed by atoms with Gasteiger partial charge in [0, 0.05) is 29.8 Å². The second-order valence-electron chi connectivity index (χ2n) is 6.71. The molecule has 114 valence electrons. The van der Waals surface area contributed by atoms with Crippen LogP contribution in [0.5, 0.6) is 0 Å². The third-order valence-electron chi connectivity index (χ3n) is 3.83. The van der Waals surface area contributed by atoms with Crippen molar-refractivity contribution >= 4 is 11.3 Å². The molecule has 20 heavy (non-hydrogen) atoms. The van der Waals surface area contributed by atoms with Crippen LogP contribution < -0.4 is 5.32 Å². The molecule has 0 aliphatic carbocycles. The second-order valence-corrected chi connectivity index (χ2v) is 7.88. The van der Waals surface area contributed by atoms with Crippen LogP contribution in [-0.2, 0) is 18.4 Å². The summed E-state index contributed by atoms with van der Waals surface area (Å²) >= 11 is 1.91.